The molecule has 1 aliphatic rings. The Hall–Kier alpha value is -1.84. The van der Waals surface area contributed by atoms with Gasteiger partial charge in [0.15, 0.2) is 5.96 Å². The molecule has 8 heteroatoms. The van der Waals surface area contributed by atoms with E-state index in [0.29, 0.717) is 0 Å². The standard InChI is InChI=1S/C17H24N6O.HI/c1-18-17(19-9-4-5-10-23-12-20-21-13-23)22-15-8-11-24-16-7-3-2-6-14(15)16;/h2-3,6-7,12-13,15H,4-5,8-11H2,1H3,(H2,18,19,22);1H. The summed E-state index contributed by atoms with van der Waals surface area (Å²) in [7, 11) is 1.80. The Kier molecular flexibility index (Phi) is 7.96. The number of aryl methyl sites for hydroxylation is 1. The average Bonchev–Trinajstić information content (AvgIpc) is 3.14. The van der Waals surface area contributed by atoms with Gasteiger partial charge in [0, 0.05) is 32.1 Å². The van der Waals surface area contributed by atoms with Crippen molar-refractivity contribution in [2.24, 2.45) is 4.99 Å². The third-order valence-corrected chi connectivity index (χ3v) is 4.10. The van der Waals surface area contributed by atoms with E-state index in [0.717, 1.165) is 50.7 Å². The van der Waals surface area contributed by atoms with Crippen LogP contribution in [0.3, 0.4) is 0 Å². The summed E-state index contributed by atoms with van der Waals surface area (Å²) in [6.45, 7) is 2.55. The average molecular weight is 456 g/mol. The largest absolute Gasteiger partial charge is 0.493 e. The Balaban J connectivity index is 0.00000225. The van der Waals surface area contributed by atoms with Gasteiger partial charge in [0.05, 0.1) is 12.6 Å². The molecule has 0 aliphatic carbocycles. The molecule has 7 nitrogen and oxygen atoms in total. The Morgan fingerprint density at radius 3 is 2.88 bits per heavy atom. The van der Waals surface area contributed by atoms with Gasteiger partial charge in [-0.2, -0.15) is 0 Å². The Morgan fingerprint density at radius 1 is 1.28 bits per heavy atom. The number of para-hydroxylation sites is 1. The van der Waals surface area contributed by atoms with Crippen LogP contribution in [0.1, 0.15) is 30.9 Å². The molecule has 0 amide bonds. The molecule has 1 aromatic carbocycles. The van der Waals surface area contributed by atoms with Crippen molar-refractivity contribution in [3.8, 4) is 5.75 Å². The Morgan fingerprint density at radius 2 is 2.08 bits per heavy atom. The number of ether oxygens (including phenoxy) is 1. The summed E-state index contributed by atoms with van der Waals surface area (Å²) in [4.78, 5) is 4.33. The molecule has 0 fully saturated rings. The number of hydrogen-bond donors (Lipinski definition) is 2. The van der Waals surface area contributed by atoms with Crippen LogP contribution in [0, 0.1) is 0 Å². The van der Waals surface area contributed by atoms with Crippen LogP contribution in [0.5, 0.6) is 5.75 Å². The summed E-state index contributed by atoms with van der Waals surface area (Å²) in [5, 5.41) is 14.5. The first-order valence-corrected chi connectivity index (χ1v) is 8.38. The second-order valence-corrected chi connectivity index (χ2v) is 5.78. The number of aromatic nitrogens is 3. The normalized spacial score (nSPS) is 16.4. The SMILES string of the molecule is CN=C(NCCCCn1cnnc1)NC1CCOc2ccccc21.I. The molecule has 1 aromatic heterocycles. The molecule has 0 radical (unpaired) electrons. The maximum Gasteiger partial charge on any atom is 0.191 e. The van der Waals surface area contributed by atoms with E-state index >= 15 is 0 Å². The number of benzene rings is 1. The third kappa shape index (κ3) is 5.58. The van der Waals surface area contributed by atoms with E-state index in [4.69, 9.17) is 4.74 Å². The van der Waals surface area contributed by atoms with Crippen LogP contribution >= 0.6 is 24.0 Å². The summed E-state index contributed by atoms with van der Waals surface area (Å²) < 4.78 is 7.70. The minimum atomic E-state index is 0. The molecule has 25 heavy (non-hydrogen) atoms. The zero-order chi connectivity index (χ0) is 16.6. The minimum absolute atomic E-state index is 0. The molecule has 3 rings (SSSR count). The van der Waals surface area contributed by atoms with Gasteiger partial charge in [0.25, 0.3) is 0 Å². The van der Waals surface area contributed by atoms with Gasteiger partial charge in [0.1, 0.15) is 18.4 Å². The molecule has 1 atom stereocenters. The summed E-state index contributed by atoms with van der Waals surface area (Å²) in [5.41, 5.74) is 1.19. The molecule has 136 valence electrons. The van der Waals surface area contributed by atoms with E-state index in [9.17, 15) is 0 Å². The van der Waals surface area contributed by atoms with Crippen molar-refractivity contribution in [1.82, 2.24) is 25.4 Å². The summed E-state index contributed by atoms with van der Waals surface area (Å²) >= 11 is 0. The van der Waals surface area contributed by atoms with E-state index < -0.39 is 0 Å². The molecule has 0 spiro atoms. The molecule has 0 bridgehead atoms. The zero-order valence-electron chi connectivity index (χ0n) is 14.4. The van der Waals surface area contributed by atoms with E-state index in [1.807, 2.05) is 22.8 Å². The van der Waals surface area contributed by atoms with E-state index in [1.54, 1.807) is 19.7 Å². The Labute approximate surface area is 165 Å². The van der Waals surface area contributed by atoms with Crippen molar-refractivity contribution >= 4 is 29.9 Å². The number of nitrogens with one attached hydrogen (secondary N) is 2. The predicted octanol–water partition coefficient (Wildman–Crippen LogP) is 2.37. The molecule has 2 heterocycles. The molecule has 1 aliphatic heterocycles. The molecule has 2 N–H and O–H groups in total. The maximum absolute atomic E-state index is 5.70. The number of aliphatic imine (C=N–C) groups is 1. The van der Waals surface area contributed by atoms with Gasteiger partial charge in [-0.05, 0) is 18.9 Å². The molecular formula is C17H25IN6O. The lowest BCUT2D eigenvalue weighted by Gasteiger charge is -2.28. The first kappa shape index (κ1) is 19.5. The van der Waals surface area contributed by atoms with Gasteiger partial charge in [-0.15, -0.1) is 34.2 Å². The number of guanidine groups is 1. The van der Waals surface area contributed by atoms with Crippen molar-refractivity contribution in [3.05, 3.63) is 42.5 Å². The van der Waals surface area contributed by atoms with E-state index in [2.05, 4.69) is 31.9 Å². The first-order chi connectivity index (χ1) is 11.9. The highest BCUT2D eigenvalue weighted by Crippen LogP contribution is 2.31. The third-order valence-electron chi connectivity index (χ3n) is 4.10. The van der Waals surface area contributed by atoms with Crippen LogP contribution in [0.25, 0.3) is 0 Å². The highest BCUT2D eigenvalue weighted by molar-refractivity contribution is 14.0. The number of unbranched alkanes of at least 4 members (excludes halogenated alkanes) is 1. The predicted molar refractivity (Wildman–Crippen MR) is 108 cm³/mol. The van der Waals surface area contributed by atoms with E-state index in [1.165, 1.54) is 5.56 Å². The maximum atomic E-state index is 5.70. The monoisotopic (exact) mass is 456 g/mol. The smallest absolute Gasteiger partial charge is 0.191 e. The fourth-order valence-electron chi connectivity index (χ4n) is 2.82. The topological polar surface area (TPSA) is 76.4 Å². The highest BCUT2D eigenvalue weighted by atomic mass is 127. The van der Waals surface area contributed by atoms with Gasteiger partial charge in [-0.1, -0.05) is 18.2 Å². The Bertz CT molecular complexity index is 661. The van der Waals surface area contributed by atoms with Crippen LogP contribution in [-0.4, -0.2) is 40.9 Å². The van der Waals surface area contributed by atoms with Gasteiger partial charge in [-0.3, -0.25) is 4.99 Å². The number of halogens is 1. The van der Waals surface area contributed by atoms with Crippen molar-refractivity contribution in [2.45, 2.75) is 31.8 Å². The molecule has 1 unspecified atom stereocenters. The van der Waals surface area contributed by atoms with Gasteiger partial charge >= 0.3 is 0 Å². The van der Waals surface area contributed by atoms with Crippen LogP contribution in [0.2, 0.25) is 0 Å². The first-order valence-electron chi connectivity index (χ1n) is 8.38. The number of nitrogens with zero attached hydrogens (tertiary/aromatic N) is 4. The zero-order valence-corrected chi connectivity index (χ0v) is 16.7. The molecule has 0 saturated heterocycles. The summed E-state index contributed by atoms with van der Waals surface area (Å²) in [5.74, 6) is 1.80. The number of rotatable bonds is 6. The molecule has 2 aromatic rings. The van der Waals surface area contributed by atoms with Crippen LogP contribution in [0.4, 0.5) is 0 Å². The van der Waals surface area contributed by atoms with Crippen molar-refractivity contribution in [1.29, 1.82) is 0 Å². The van der Waals surface area contributed by atoms with Crippen molar-refractivity contribution in [2.75, 3.05) is 20.2 Å². The number of fused-ring (bicyclic) bond motifs is 1. The van der Waals surface area contributed by atoms with Crippen molar-refractivity contribution in [3.63, 3.8) is 0 Å². The summed E-state index contributed by atoms with van der Waals surface area (Å²) in [6, 6.07) is 8.41. The fraction of sp³-hybridized carbons (Fsp3) is 0.471. The van der Waals surface area contributed by atoms with Gasteiger partial charge < -0.3 is 19.9 Å². The van der Waals surface area contributed by atoms with E-state index in [-0.39, 0.29) is 30.0 Å². The highest BCUT2D eigenvalue weighted by Gasteiger charge is 2.21. The minimum Gasteiger partial charge on any atom is -0.493 e. The van der Waals surface area contributed by atoms with Gasteiger partial charge in [-0.25, -0.2) is 0 Å². The summed E-state index contributed by atoms with van der Waals surface area (Å²) in [6.07, 6.45) is 6.56. The lowest BCUT2D eigenvalue weighted by molar-refractivity contribution is 0.261. The van der Waals surface area contributed by atoms with Gasteiger partial charge in [0.2, 0.25) is 0 Å². The second-order valence-electron chi connectivity index (χ2n) is 5.78. The molecular weight excluding hydrogens is 431 g/mol. The lowest BCUT2D eigenvalue weighted by atomic mass is 10.0. The lowest BCUT2D eigenvalue weighted by Crippen LogP contribution is -2.41. The second kappa shape index (κ2) is 10.2. The molecule has 0 saturated carbocycles. The van der Waals surface area contributed by atoms with Crippen LogP contribution in [-0.2, 0) is 6.54 Å². The quantitative estimate of drug-likeness (QED) is 0.302. The van der Waals surface area contributed by atoms with Crippen molar-refractivity contribution < 1.29 is 4.74 Å². The van der Waals surface area contributed by atoms with Crippen LogP contribution in [0.15, 0.2) is 41.9 Å². The fourth-order valence-corrected chi connectivity index (χ4v) is 2.82. The van der Waals surface area contributed by atoms with Crippen LogP contribution < -0.4 is 15.4 Å². The number of hydrogen-bond acceptors (Lipinski definition) is 4.